The molecule has 16 heteroatoms. The van der Waals surface area contributed by atoms with Crippen molar-refractivity contribution in [1.82, 2.24) is 19.1 Å². The monoisotopic (exact) mass is 486 g/mol. The third kappa shape index (κ3) is 5.08. The molecule has 4 heterocycles. The van der Waals surface area contributed by atoms with Gasteiger partial charge in [-0.05, 0) is 12.1 Å². The maximum absolute atomic E-state index is 11.5. The summed E-state index contributed by atoms with van der Waals surface area (Å²) in [7, 11) is 0. The maximum atomic E-state index is 11.5. The summed E-state index contributed by atoms with van der Waals surface area (Å²) in [5, 5.41) is 56.3. The van der Waals surface area contributed by atoms with Crippen molar-refractivity contribution in [2.24, 2.45) is 0 Å². The molecule has 0 bridgehead atoms. The summed E-state index contributed by atoms with van der Waals surface area (Å²) in [5.41, 5.74) is 9.26. The van der Waals surface area contributed by atoms with Crippen LogP contribution in [0.2, 0.25) is 0 Å². The van der Waals surface area contributed by atoms with Crippen LogP contribution in [0.4, 0.5) is 11.6 Å². The van der Waals surface area contributed by atoms with Gasteiger partial charge in [-0.2, -0.15) is 9.97 Å². The normalized spacial score (nSPS) is 32.9. The van der Waals surface area contributed by atoms with Crippen LogP contribution in [0, 0.1) is 0 Å². The smallest absolute Gasteiger partial charge is 0.351 e. The largest absolute Gasteiger partial charge is 0.394 e. The van der Waals surface area contributed by atoms with Gasteiger partial charge in [-0.25, -0.2) is 9.59 Å². The summed E-state index contributed by atoms with van der Waals surface area (Å²) in [6.45, 7) is -0.905. The summed E-state index contributed by atoms with van der Waals surface area (Å²) in [4.78, 5) is 30.0. The van der Waals surface area contributed by atoms with Crippen molar-refractivity contribution in [3.8, 4) is 0 Å². The molecule has 2 aliphatic rings. The molecule has 2 aromatic heterocycles. The molecule has 34 heavy (non-hydrogen) atoms. The predicted molar refractivity (Wildman–Crippen MR) is 112 cm³/mol. The highest BCUT2D eigenvalue weighted by Gasteiger charge is 2.44. The number of hydrogen-bond acceptors (Lipinski definition) is 14. The number of nitrogens with zero attached hydrogens (tertiary/aromatic N) is 4. The molecule has 0 saturated carbocycles. The molecule has 0 radical (unpaired) electrons. The van der Waals surface area contributed by atoms with Gasteiger partial charge in [-0.1, -0.05) is 0 Å². The van der Waals surface area contributed by atoms with E-state index in [9.17, 15) is 30.0 Å². The standard InChI is InChI=1S/2C9H13N3O5/c2*10-5-1-2-12(9(16)11-5)8-7(15)6(14)4(3-13)17-8/h2*1-2,4,6-8,13-15H,3H2,(H2,10,11,16)/t4-,6-,7+,8?;4-,6-,7+,8-/m11/s1. The topological polar surface area (TPSA) is 262 Å². The van der Waals surface area contributed by atoms with E-state index in [0.717, 1.165) is 9.13 Å². The predicted octanol–water partition coefficient (Wildman–Crippen LogP) is -5.13. The zero-order valence-electron chi connectivity index (χ0n) is 17.6. The molecule has 8 atom stereocenters. The second-order valence-corrected chi connectivity index (χ2v) is 7.54. The molecule has 0 aliphatic carbocycles. The number of aliphatic hydroxyl groups is 6. The summed E-state index contributed by atoms with van der Waals surface area (Å²) in [6, 6.07) is 2.74. The molecule has 4 rings (SSSR count). The van der Waals surface area contributed by atoms with Crippen LogP contribution < -0.4 is 22.8 Å². The minimum absolute atomic E-state index is 0.0537. The molecule has 2 aromatic rings. The highest BCUT2D eigenvalue weighted by atomic mass is 16.6. The minimum atomic E-state index is -1.31. The van der Waals surface area contributed by atoms with E-state index in [0.29, 0.717) is 0 Å². The average molecular weight is 486 g/mol. The van der Waals surface area contributed by atoms with E-state index in [1.807, 2.05) is 0 Å². The van der Waals surface area contributed by atoms with Gasteiger partial charge in [0.1, 0.15) is 48.3 Å². The van der Waals surface area contributed by atoms with Crippen LogP contribution >= 0.6 is 0 Å². The molecule has 2 aliphatic heterocycles. The van der Waals surface area contributed by atoms with E-state index in [1.165, 1.54) is 24.5 Å². The Labute approximate surface area is 190 Å². The number of aliphatic hydroxyl groups excluding tert-OH is 6. The third-order valence-corrected chi connectivity index (χ3v) is 5.29. The average Bonchev–Trinajstić information content (AvgIpc) is 3.24. The Balaban J connectivity index is 0.000000191. The number of aromatic nitrogens is 4. The number of anilines is 2. The van der Waals surface area contributed by atoms with Crippen LogP contribution in [0.5, 0.6) is 0 Å². The molecule has 2 fully saturated rings. The molecular formula is C18H26N6O10. The van der Waals surface area contributed by atoms with Gasteiger partial charge in [0.15, 0.2) is 12.5 Å². The van der Waals surface area contributed by atoms with Crippen molar-refractivity contribution in [2.75, 3.05) is 24.7 Å². The molecular weight excluding hydrogens is 460 g/mol. The fraction of sp³-hybridized carbons (Fsp3) is 0.556. The zero-order valence-corrected chi connectivity index (χ0v) is 17.6. The molecule has 188 valence electrons. The van der Waals surface area contributed by atoms with E-state index in [1.54, 1.807) is 0 Å². The van der Waals surface area contributed by atoms with Crippen LogP contribution in [-0.4, -0.2) is 99.6 Å². The van der Waals surface area contributed by atoms with Crippen molar-refractivity contribution in [3.05, 3.63) is 45.5 Å². The van der Waals surface area contributed by atoms with Crippen LogP contribution in [0.3, 0.4) is 0 Å². The summed E-state index contributed by atoms with van der Waals surface area (Å²) in [5.74, 6) is 0.107. The Hall–Kier alpha value is -2.96. The van der Waals surface area contributed by atoms with Gasteiger partial charge in [0.25, 0.3) is 0 Å². The SMILES string of the molecule is Nc1ccn(C2O[C@H](CO)[C@@H](O)[C@@H]2O)c(=O)n1.Nc1ccn([C@@H]2O[C@H](CO)[C@@H](O)[C@@H]2O)c(=O)n1. The Morgan fingerprint density at radius 3 is 1.35 bits per heavy atom. The first-order valence-electron chi connectivity index (χ1n) is 10.0. The highest BCUT2D eigenvalue weighted by molar-refractivity contribution is 5.24. The number of nitrogens with two attached hydrogens (primary N) is 2. The second-order valence-electron chi connectivity index (χ2n) is 7.54. The van der Waals surface area contributed by atoms with Gasteiger partial charge >= 0.3 is 11.4 Å². The molecule has 0 aromatic carbocycles. The second kappa shape index (κ2) is 10.5. The van der Waals surface area contributed by atoms with Crippen molar-refractivity contribution < 1.29 is 40.1 Å². The molecule has 16 nitrogen and oxygen atoms in total. The first kappa shape index (κ1) is 25.7. The lowest BCUT2D eigenvalue weighted by Crippen LogP contribution is -2.36. The van der Waals surface area contributed by atoms with Crippen LogP contribution in [-0.2, 0) is 9.47 Å². The van der Waals surface area contributed by atoms with Gasteiger partial charge in [-0.15, -0.1) is 0 Å². The Morgan fingerprint density at radius 1 is 0.735 bits per heavy atom. The van der Waals surface area contributed by atoms with Gasteiger partial charge < -0.3 is 51.6 Å². The quantitative estimate of drug-likeness (QED) is 0.201. The third-order valence-electron chi connectivity index (χ3n) is 5.29. The fourth-order valence-corrected chi connectivity index (χ4v) is 3.46. The van der Waals surface area contributed by atoms with Crippen LogP contribution in [0.25, 0.3) is 0 Å². The van der Waals surface area contributed by atoms with E-state index in [-0.39, 0.29) is 11.6 Å². The lowest BCUT2D eigenvalue weighted by Gasteiger charge is -2.16. The Morgan fingerprint density at radius 2 is 1.09 bits per heavy atom. The van der Waals surface area contributed by atoms with E-state index in [4.69, 9.17) is 31.2 Å². The van der Waals surface area contributed by atoms with E-state index in [2.05, 4.69) is 9.97 Å². The summed E-state index contributed by atoms with van der Waals surface area (Å²) in [6.07, 6.45) is -6.53. The highest BCUT2D eigenvalue weighted by Crippen LogP contribution is 2.28. The van der Waals surface area contributed by atoms with Crippen LogP contribution in [0.1, 0.15) is 12.5 Å². The molecule has 0 spiro atoms. The number of hydrogen-bond donors (Lipinski definition) is 8. The summed E-state index contributed by atoms with van der Waals surface area (Å²) >= 11 is 0. The minimum Gasteiger partial charge on any atom is -0.394 e. The zero-order chi connectivity index (χ0) is 25.2. The number of rotatable bonds is 4. The molecule has 10 N–H and O–H groups in total. The van der Waals surface area contributed by atoms with Gasteiger partial charge in [0, 0.05) is 12.4 Å². The van der Waals surface area contributed by atoms with Crippen molar-refractivity contribution in [1.29, 1.82) is 0 Å². The lowest BCUT2D eigenvalue weighted by molar-refractivity contribution is -0.0549. The van der Waals surface area contributed by atoms with Gasteiger partial charge in [0.05, 0.1) is 13.2 Å². The Bertz CT molecular complexity index is 1010. The maximum Gasteiger partial charge on any atom is 0.351 e. The Kier molecular flexibility index (Phi) is 7.95. The summed E-state index contributed by atoms with van der Waals surface area (Å²) < 4.78 is 12.4. The number of nitrogen functional groups attached to an aromatic ring is 2. The molecule has 1 unspecified atom stereocenters. The molecule has 0 amide bonds. The van der Waals surface area contributed by atoms with Crippen molar-refractivity contribution >= 4 is 11.6 Å². The van der Waals surface area contributed by atoms with Crippen LogP contribution in [0.15, 0.2) is 34.1 Å². The van der Waals surface area contributed by atoms with Gasteiger partial charge in [0.2, 0.25) is 0 Å². The number of ether oxygens (including phenoxy) is 2. The van der Waals surface area contributed by atoms with Crippen molar-refractivity contribution in [3.63, 3.8) is 0 Å². The van der Waals surface area contributed by atoms with E-state index < -0.39 is 73.7 Å². The lowest BCUT2D eigenvalue weighted by atomic mass is 10.1. The first-order valence-corrected chi connectivity index (χ1v) is 10.0. The molecule has 2 saturated heterocycles. The van der Waals surface area contributed by atoms with E-state index >= 15 is 0 Å². The van der Waals surface area contributed by atoms with Gasteiger partial charge in [-0.3, -0.25) is 9.13 Å². The van der Waals surface area contributed by atoms with Crippen molar-refractivity contribution in [2.45, 2.75) is 49.1 Å². The first-order chi connectivity index (χ1) is 16.1. The fourth-order valence-electron chi connectivity index (χ4n) is 3.46.